The Morgan fingerprint density at radius 3 is 2.59 bits per heavy atom. The molecule has 0 spiro atoms. The van der Waals surface area contributed by atoms with Crippen LogP contribution in [-0.4, -0.2) is 48.7 Å². The van der Waals surface area contributed by atoms with Crippen LogP contribution < -0.4 is 5.32 Å². The van der Waals surface area contributed by atoms with Crippen molar-refractivity contribution >= 4 is 11.9 Å². The minimum atomic E-state index is -5.08. The van der Waals surface area contributed by atoms with Gasteiger partial charge in [0.1, 0.15) is 17.3 Å². The molecule has 9 nitrogen and oxygen atoms in total. The highest BCUT2D eigenvalue weighted by molar-refractivity contribution is 5.92. The molecule has 0 aromatic carbocycles. The lowest BCUT2D eigenvalue weighted by Crippen LogP contribution is -2.33. The molecule has 12 heteroatoms. The first-order chi connectivity index (χ1) is 15.1. The molecule has 0 aliphatic carbocycles. The number of nitrogens with zero attached hydrogens (tertiary/aromatic N) is 4. The van der Waals surface area contributed by atoms with Crippen molar-refractivity contribution in [2.24, 2.45) is 7.05 Å². The van der Waals surface area contributed by atoms with Crippen LogP contribution in [0.1, 0.15) is 27.8 Å². The zero-order valence-electron chi connectivity index (χ0n) is 17.2. The molecule has 1 aliphatic heterocycles. The fraction of sp³-hybridized carbons (Fsp3) is 0.350. The Kier molecular flexibility index (Phi) is 7.03. The molecule has 32 heavy (non-hydrogen) atoms. The van der Waals surface area contributed by atoms with Gasteiger partial charge >= 0.3 is 12.1 Å². The van der Waals surface area contributed by atoms with Gasteiger partial charge in [-0.2, -0.15) is 13.2 Å². The highest BCUT2D eigenvalue weighted by atomic mass is 19.4. The predicted molar refractivity (Wildman–Crippen MR) is 105 cm³/mol. The molecule has 4 heterocycles. The van der Waals surface area contributed by atoms with E-state index in [2.05, 4.69) is 19.8 Å². The van der Waals surface area contributed by atoms with Crippen LogP contribution in [0.3, 0.4) is 0 Å². The first kappa shape index (κ1) is 23.1. The Morgan fingerprint density at radius 1 is 1.25 bits per heavy atom. The van der Waals surface area contributed by atoms with E-state index in [4.69, 9.17) is 14.3 Å². The molecule has 0 bridgehead atoms. The summed E-state index contributed by atoms with van der Waals surface area (Å²) >= 11 is 0. The smallest absolute Gasteiger partial charge is 0.475 e. The Labute approximate surface area is 181 Å². The third-order valence-corrected chi connectivity index (χ3v) is 4.74. The van der Waals surface area contributed by atoms with Gasteiger partial charge < -0.3 is 24.0 Å². The summed E-state index contributed by atoms with van der Waals surface area (Å²) in [5.41, 5.74) is 1.53. The molecule has 0 unspecified atom stereocenters. The van der Waals surface area contributed by atoms with Crippen LogP contribution in [0.15, 0.2) is 47.3 Å². The number of hydrogen-bond donors (Lipinski definition) is 2. The molecule has 3 aromatic rings. The number of aromatic nitrogens is 3. The molecule has 0 saturated heterocycles. The van der Waals surface area contributed by atoms with Crippen molar-refractivity contribution in [2.45, 2.75) is 32.4 Å². The normalized spacial score (nSPS) is 13.8. The lowest BCUT2D eigenvalue weighted by atomic mass is 10.3. The van der Waals surface area contributed by atoms with Crippen molar-refractivity contribution in [3.8, 4) is 0 Å². The standard InChI is InChI=1S/C18H21N5O2.C2HF3O2/c1-21-6-2-5-16(21)18(24)19-10-14-11-23-8-7-22(13-17(23)20-14)12-15-4-3-9-25-15;3-2(4,5)1(6)7/h2-6,9,11H,7-8,10,12-13H2,1H3,(H,19,24);(H,6,7). The summed E-state index contributed by atoms with van der Waals surface area (Å²) in [6, 6.07) is 7.57. The minimum absolute atomic E-state index is 0.0853. The number of furan rings is 1. The van der Waals surface area contributed by atoms with Crippen molar-refractivity contribution < 1.29 is 32.3 Å². The molecule has 0 atom stereocenters. The largest absolute Gasteiger partial charge is 0.490 e. The van der Waals surface area contributed by atoms with Crippen molar-refractivity contribution in [3.05, 3.63) is 65.9 Å². The van der Waals surface area contributed by atoms with E-state index in [1.807, 2.05) is 37.6 Å². The number of carboxylic acids is 1. The number of hydrogen-bond acceptors (Lipinski definition) is 5. The van der Waals surface area contributed by atoms with Gasteiger partial charge in [0.05, 0.1) is 31.6 Å². The van der Waals surface area contributed by atoms with Gasteiger partial charge in [-0.25, -0.2) is 9.78 Å². The minimum Gasteiger partial charge on any atom is -0.475 e. The molecule has 0 fully saturated rings. The fourth-order valence-electron chi connectivity index (χ4n) is 3.16. The fourth-order valence-corrected chi connectivity index (χ4v) is 3.16. The van der Waals surface area contributed by atoms with E-state index in [-0.39, 0.29) is 5.91 Å². The van der Waals surface area contributed by atoms with E-state index in [9.17, 15) is 18.0 Å². The summed E-state index contributed by atoms with van der Waals surface area (Å²) in [6.07, 6.45) is 0.510. The predicted octanol–water partition coefficient (Wildman–Crippen LogP) is 2.39. The van der Waals surface area contributed by atoms with E-state index in [0.717, 1.165) is 43.5 Å². The van der Waals surface area contributed by atoms with Gasteiger partial charge in [0.15, 0.2) is 0 Å². The zero-order chi connectivity index (χ0) is 23.3. The Bertz CT molecular complexity index is 1060. The van der Waals surface area contributed by atoms with Gasteiger partial charge in [-0.15, -0.1) is 0 Å². The van der Waals surface area contributed by atoms with Crippen LogP contribution in [0.5, 0.6) is 0 Å². The third-order valence-electron chi connectivity index (χ3n) is 4.74. The van der Waals surface area contributed by atoms with Gasteiger partial charge in [0.25, 0.3) is 5.91 Å². The number of imidazole rings is 1. The van der Waals surface area contributed by atoms with Crippen molar-refractivity contribution in [1.29, 1.82) is 0 Å². The molecule has 172 valence electrons. The van der Waals surface area contributed by atoms with Crippen LogP contribution in [0.2, 0.25) is 0 Å². The molecule has 2 N–H and O–H groups in total. The van der Waals surface area contributed by atoms with E-state index in [1.165, 1.54) is 0 Å². The van der Waals surface area contributed by atoms with Crippen molar-refractivity contribution in [1.82, 2.24) is 24.3 Å². The first-order valence-electron chi connectivity index (χ1n) is 9.63. The van der Waals surface area contributed by atoms with Crippen LogP contribution in [0, 0.1) is 0 Å². The maximum Gasteiger partial charge on any atom is 0.490 e. The molecule has 0 saturated carbocycles. The van der Waals surface area contributed by atoms with E-state index >= 15 is 0 Å². The average Bonchev–Trinajstić information content (AvgIpc) is 3.46. The number of alkyl halides is 3. The van der Waals surface area contributed by atoms with Gasteiger partial charge in [0, 0.05) is 32.5 Å². The topological polar surface area (TPSA) is 106 Å². The zero-order valence-corrected chi connectivity index (χ0v) is 17.2. The Morgan fingerprint density at radius 2 is 2.00 bits per heavy atom. The number of aryl methyl sites for hydroxylation is 1. The molecule has 0 radical (unpaired) electrons. The molecule has 4 rings (SSSR count). The lowest BCUT2D eigenvalue weighted by Gasteiger charge is -2.26. The number of aliphatic carboxylic acids is 1. The summed E-state index contributed by atoms with van der Waals surface area (Å²) in [7, 11) is 1.86. The highest BCUT2D eigenvalue weighted by Gasteiger charge is 2.38. The van der Waals surface area contributed by atoms with Crippen LogP contribution in [0.4, 0.5) is 13.2 Å². The number of carbonyl (C=O) groups is 2. The number of nitrogens with one attached hydrogen (secondary N) is 1. The number of carbonyl (C=O) groups excluding carboxylic acids is 1. The lowest BCUT2D eigenvalue weighted by molar-refractivity contribution is -0.192. The van der Waals surface area contributed by atoms with Crippen LogP contribution in [0.25, 0.3) is 0 Å². The SMILES string of the molecule is Cn1cccc1C(=O)NCc1cn2c(n1)CN(Cc1ccco1)CC2.O=C(O)C(F)(F)F. The van der Waals surface area contributed by atoms with Gasteiger partial charge in [-0.3, -0.25) is 9.69 Å². The summed E-state index contributed by atoms with van der Waals surface area (Å²) in [4.78, 5) is 28.1. The second-order valence-corrected chi connectivity index (χ2v) is 7.12. The number of halogens is 3. The summed E-state index contributed by atoms with van der Waals surface area (Å²) < 4.78 is 41.1. The molecular formula is C20H22F3N5O4. The van der Waals surface area contributed by atoms with E-state index in [1.54, 1.807) is 16.9 Å². The number of rotatable bonds is 5. The quantitative estimate of drug-likeness (QED) is 0.615. The average molecular weight is 453 g/mol. The number of amides is 1. The van der Waals surface area contributed by atoms with E-state index < -0.39 is 12.1 Å². The molecule has 1 aliphatic rings. The highest BCUT2D eigenvalue weighted by Crippen LogP contribution is 2.16. The van der Waals surface area contributed by atoms with E-state index in [0.29, 0.717) is 12.2 Å². The second-order valence-electron chi connectivity index (χ2n) is 7.12. The molecule has 3 aromatic heterocycles. The Hall–Kier alpha value is -3.54. The van der Waals surface area contributed by atoms with Gasteiger partial charge in [-0.1, -0.05) is 0 Å². The molecular weight excluding hydrogens is 431 g/mol. The Balaban J connectivity index is 0.000000360. The molecule has 1 amide bonds. The van der Waals surface area contributed by atoms with Crippen molar-refractivity contribution in [2.75, 3.05) is 6.54 Å². The monoisotopic (exact) mass is 453 g/mol. The summed E-state index contributed by atoms with van der Waals surface area (Å²) in [6.45, 7) is 3.86. The van der Waals surface area contributed by atoms with Crippen molar-refractivity contribution in [3.63, 3.8) is 0 Å². The van der Waals surface area contributed by atoms with Crippen LogP contribution >= 0.6 is 0 Å². The van der Waals surface area contributed by atoms with Gasteiger partial charge in [-0.05, 0) is 24.3 Å². The first-order valence-corrected chi connectivity index (χ1v) is 9.63. The summed E-state index contributed by atoms with van der Waals surface area (Å²) in [5.74, 6) is -0.846. The second kappa shape index (κ2) is 9.73. The number of carboxylic acid groups (broad SMARTS) is 1. The maximum atomic E-state index is 12.2. The third kappa shape index (κ3) is 6.00. The summed E-state index contributed by atoms with van der Waals surface area (Å²) in [5, 5.41) is 10.1. The maximum absolute atomic E-state index is 12.2. The number of fused-ring (bicyclic) bond motifs is 1. The van der Waals surface area contributed by atoms with Gasteiger partial charge in [0.2, 0.25) is 0 Å². The van der Waals surface area contributed by atoms with Crippen LogP contribution in [-0.2, 0) is 38.0 Å².